The second kappa shape index (κ2) is 8.42. The van der Waals surface area contributed by atoms with E-state index in [1.54, 1.807) is 12.1 Å². The molecule has 3 aromatic rings. The van der Waals surface area contributed by atoms with Crippen molar-refractivity contribution in [1.82, 2.24) is 20.2 Å². The molecule has 28 heavy (non-hydrogen) atoms. The summed E-state index contributed by atoms with van der Waals surface area (Å²) in [5, 5.41) is 6.03. The molecule has 0 bridgehead atoms. The minimum absolute atomic E-state index is 0.111. The highest BCUT2D eigenvalue weighted by Gasteiger charge is 2.16. The molecular formula is C22H25FN4O. The standard InChI is InChI=1S/C22H25FN4O/c23-17-12-10-16(11-13-17)21-26-19-8-4-5-9-20(19)27(21)15-14-24-22(28)25-18-6-2-1-3-7-18/h4-5,8-13,18H,1-3,6-7,14-15H2,(H2,24,25,28). The summed E-state index contributed by atoms with van der Waals surface area (Å²) in [6.45, 7) is 1.08. The van der Waals surface area contributed by atoms with Gasteiger partial charge < -0.3 is 15.2 Å². The lowest BCUT2D eigenvalue weighted by Gasteiger charge is -2.23. The highest BCUT2D eigenvalue weighted by molar-refractivity contribution is 5.80. The zero-order valence-electron chi connectivity index (χ0n) is 15.8. The van der Waals surface area contributed by atoms with E-state index in [2.05, 4.69) is 15.2 Å². The summed E-state index contributed by atoms with van der Waals surface area (Å²) in [4.78, 5) is 16.9. The van der Waals surface area contributed by atoms with Crippen molar-refractivity contribution in [2.45, 2.75) is 44.7 Å². The number of halogens is 1. The lowest BCUT2D eigenvalue weighted by Crippen LogP contribution is -2.43. The van der Waals surface area contributed by atoms with Gasteiger partial charge in [0.15, 0.2) is 0 Å². The number of para-hydroxylation sites is 2. The topological polar surface area (TPSA) is 59.0 Å². The molecule has 2 N–H and O–H groups in total. The lowest BCUT2D eigenvalue weighted by atomic mass is 9.96. The first-order chi connectivity index (χ1) is 13.7. The number of aromatic nitrogens is 2. The van der Waals surface area contributed by atoms with Gasteiger partial charge >= 0.3 is 6.03 Å². The highest BCUT2D eigenvalue weighted by atomic mass is 19.1. The third kappa shape index (κ3) is 4.16. The van der Waals surface area contributed by atoms with Crippen LogP contribution in [0.1, 0.15) is 32.1 Å². The van der Waals surface area contributed by atoms with Gasteiger partial charge in [-0.25, -0.2) is 14.2 Å². The first-order valence-electron chi connectivity index (χ1n) is 9.96. The minimum atomic E-state index is -0.271. The Hall–Kier alpha value is -2.89. The van der Waals surface area contributed by atoms with E-state index < -0.39 is 0 Å². The van der Waals surface area contributed by atoms with Crippen molar-refractivity contribution >= 4 is 17.1 Å². The van der Waals surface area contributed by atoms with E-state index in [9.17, 15) is 9.18 Å². The van der Waals surface area contributed by atoms with Gasteiger partial charge in [0.2, 0.25) is 0 Å². The summed E-state index contributed by atoms with van der Waals surface area (Å²) < 4.78 is 15.4. The van der Waals surface area contributed by atoms with E-state index in [1.165, 1.54) is 31.4 Å². The molecule has 1 heterocycles. The first-order valence-corrected chi connectivity index (χ1v) is 9.96. The van der Waals surface area contributed by atoms with Gasteiger partial charge in [-0.05, 0) is 49.2 Å². The van der Waals surface area contributed by atoms with Crippen LogP contribution in [0.5, 0.6) is 0 Å². The summed E-state index contributed by atoms with van der Waals surface area (Å²) in [5.74, 6) is 0.503. The van der Waals surface area contributed by atoms with E-state index in [0.717, 1.165) is 35.3 Å². The van der Waals surface area contributed by atoms with Crippen molar-refractivity contribution in [1.29, 1.82) is 0 Å². The van der Waals surface area contributed by atoms with Crippen molar-refractivity contribution in [2.75, 3.05) is 6.54 Å². The molecule has 0 aliphatic heterocycles. The van der Waals surface area contributed by atoms with Crippen LogP contribution >= 0.6 is 0 Å². The molecule has 6 heteroatoms. The summed E-state index contributed by atoms with van der Waals surface area (Å²) in [7, 11) is 0. The number of amides is 2. The molecule has 5 nitrogen and oxygen atoms in total. The number of carbonyl (C=O) groups is 1. The smallest absolute Gasteiger partial charge is 0.315 e. The molecule has 4 rings (SSSR count). The predicted octanol–water partition coefficient (Wildman–Crippen LogP) is 4.47. The number of rotatable bonds is 5. The van der Waals surface area contributed by atoms with Gasteiger partial charge in [0.25, 0.3) is 0 Å². The molecule has 0 unspecified atom stereocenters. The number of hydrogen-bond donors (Lipinski definition) is 2. The van der Waals surface area contributed by atoms with Crippen LogP contribution in [0.2, 0.25) is 0 Å². The second-order valence-corrected chi connectivity index (χ2v) is 7.32. The van der Waals surface area contributed by atoms with Gasteiger partial charge in [-0.15, -0.1) is 0 Å². The molecule has 1 aliphatic rings. The molecular weight excluding hydrogens is 355 g/mol. The maximum absolute atomic E-state index is 13.3. The average Bonchev–Trinajstić information content (AvgIpc) is 3.08. The molecule has 2 aromatic carbocycles. The van der Waals surface area contributed by atoms with Crippen LogP contribution in [0.4, 0.5) is 9.18 Å². The summed E-state index contributed by atoms with van der Waals surface area (Å²) in [6.07, 6.45) is 5.77. The van der Waals surface area contributed by atoms with Gasteiger partial charge in [0.1, 0.15) is 11.6 Å². The number of benzene rings is 2. The fraction of sp³-hybridized carbons (Fsp3) is 0.364. The lowest BCUT2D eigenvalue weighted by molar-refractivity contribution is 0.232. The van der Waals surface area contributed by atoms with E-state index >= 15 is 0 Å². The number of carbonyl (C=O) groups excluding carboxylic acids is 1. The summed E-state index contributed by atoms with van der Waals surface area (Å²) in [6, 6.07) is 14.4. The van der Waals surface area contributed by atoms with Crippen LogP contribution in [-0.4, -0.2) is 28.2 Å². The molecule has 1 saturated carbocycles. The van der Waals surface area contributed by atoms with Crippen molar-refractivity contribution in [3.8, 4) is 11.4 Å². The molecule has 0 radical (unpaired) electrons. The van der Waals surface area contributed by atoms with Gasteiger partial charge in [-0.1, -0.05) is 31.4 Å². The van der Waals surface area contributed by atoms with Crippen LogP contribution in [0, 0.1) is 5.82 Å². The Morgan fingerprint density at radius 2 is 1.82 bits per heavy atom. The fourth-order valence-corrected chi connectivity index (χ4v) is 3.89. The maximum Gasteiger partial charge on any atom is 0.315 e. The molecule has 2 amide bonds. The minimum Gasteiger partial charge on any atom is -0.336 e. The van der Waals surface area contributed by atoms with Gasteiger partial charge in [-0.2, -0.15) is 0 Å². The van der Waals surface area contributed by atoms with E-state index in [0.29, 0.717) is 13.1 Å². The summed E-state index contributed by atoms with van der Waals surface area (Å²) in [5.41, 5.74) is 2.73. The van der Waals surface area contributed by atoms with Crippen LogP contribution in [0.25, 0.3) is 22.4 Å². The monoisotopic (exact) mass is 380 g/mol. The highest BCUT2D eigenvalue weighted by Crippen LogP contribution is 2.25. The molecule has 146 valence electrons. The largest absolute Gasteiger partial charge is 0.336 e. The Morgan fingerprint density at radius 1 is 1.07 bits per heavy atom. The van der Waals surface area contributed by atoms with Crippen LogP contribution in [0.15, 0.2) is 48.5 Å². The normalized spacial score (nSPS) is 14.9. The quantitative estimate of drug-likeness (QED) is 0.686. The molecule has 1 aliphatic carbocycles. The maximum atomic E-state index is 13.3. The van der Waals surface area contributed by atoms with Crippen molar-refractivity contribution in [3.05, 3.63) is 54.3 Å². The fourth-order valence-electron chi connectivity index (χ4n) is 3.89. The predicted molar refractivity (Wildman–Crippen MR) is 109 cm³/mol. The average molecular weight is 380 g/mol. The number of fused-ring (bicyclic) bond motifs is 1. The number of imidazole rings is 1. The Morgan fingerprint density at radius 3 is 2.61 bits per heavy atom. The number of hydrogen-bond acceptors (Lipinski definition) is 2. The van der Waals surface area contributed by atoms with Crippen LogP contribution < -0.4 is 10.6 Å². The second-order valence-electron chi connectivity index (χ2n) is 7.32. The number of nitrogens with zero attached hydrogens (tertiary/aromatic N) is 2. The number of nitrogens with one attached hydrogen (secondary N) is 2. The third-order valence-corrected chi connectivity index (χ3v) is 5.32. The van der Waals surface area contributed by atoms with Crippen molar-refractivity contribution in [3.63, 3.8) is 0 Å². The van der Waals surface area contributed by atoms with Crippen LogP contribution in [0.3, 0.4) is 0 Å². The Kier molecular flexibility index (Phi) is 5.55. The Bertz CT molecular complexity index is 945. The zero-order chi connectivity index (χ0) is 19.3. The SMILES string of the molecule is O=C(NCCn1c(-c2ccc(F)cc2)nc2ccccc21)NC1CCCCC1. The molecule has 1 aromatic heterocycles. The Balaban J connectivity index is 1.47. The van der Waals surface area contributed by atoms with Crippen LogP contribution in [-0.2, 0) is 6.54 Å². The van der Waals surface area contributed by atoms with Gasteiger partial charge in [-0.3, -0.25) is 0 Å². The van der Waals surface area contributed by atoms with Crippen molar-refractivity contribution in [2.24, 2.45) is 0 Å². The Labute approximate surface area is 164 Å². The third-order valence-electron chi connectivity index (χ3n) is 5.32. The van der Waals surface area contributed by atoms with Gasteiger partial charge in [0, 0.05) is 24.7 Å². The van der Waals surface area contributed by atoms with Crippen molar-refractivity contribution < 1.29 is 9.18 Å². The molecule has 0 saturated heterocycles. The van der Waals surface area contributed by atoms with Gasteiger partial charge in [0.05, 0.1) is 11.0 Å². The first kappa shape index (κ1) is 18.5. The van der Waals surface area contributed by atoms with E-state index in [1.807, 2.05) is 24.3 Å². The molecule has 0 atom stereocenters. The molecule has 1 fully saturated rings. The number of urea groups is 1. The summed E-state index contributed by atoms with van der Waals surface area (Å²) >= 11 is 0. The molecule has 0 spiro atoms. The van der Waals surface area contributed by atoms with E-state index in [-0.39, 0.29) is 17.9 Å². The van der Waals surface area contributed by atoms with E-state index in [4.69, 9.17) is 4.98 Å². The zero-order valence-corrected chi connectivity index (χ0v) is 15.8.